The summed E-state index contributed by atoms with van der Waals surface area (Å²) in [5, 5.41) is 0. The summed E-state index contributed by atoms with van der Waals surface area (Å²) in [4.78, 5) is 15.0. The van der Waals surface area contributed by atoms with E-state index < -0.39 is 10.0 Å². The molecule has 5 rings (SSSR count). The number of rotatable bonds is 8. The van der Waals surface area contributed by atoms with Crippen molar-refractivity contribution in [3.05, 3.63) is 99.2 Å². The molecule has 1 aliphatic heterocycles. The molecule has 7 nitrogen and oxygen atoms in total. The number of hydrogen-bond donors (Lipinski definition) is 1. The van der Waals surface area contributed by atoms with Crippen molar-refractivity contribution in [3.8, 4) is 0 Å². The van der Waals surface area contributed by atoms with Crippen LogP contribution in [0.15, 0.2) is 82.5 Å². The second-order valence-corrected chi connectivity index (χ2v) is 11.4. The minimum Gasteiger partial charge on any atom is -0.379 e. The van der Waals surface area contributed by atoms with E-state index >= 15 is 0 Å². The van der Waals surface area contributed by atoms with E-state index in [-0.39, 0.29) is 16.3 Å². The molecule has 1 fully saturated rings. The molecule has 0 spiro atoms. The van der Waals surface area contributed by atoms with Crippen LogP contribution in [0.25, 0.3) is 10.2 Å². The lowest BCUT2D eigenvalue weighted by molar-refractivity contribution is 0.0342. The highest BCUT2D eigenvalue weighted by Crippen LogP contribution is 2.23. The van der Waals surface area contributed by atoms with Gasteiger partial charge in [0.15, 0.2) is 0 Å². The molecule has 0 unspecified atom stereocenters. The largest absolute Gasteiger partial charge is 0.379 e. The third-order valence-electron chi connectivity index (χ3n) is 6.10. The van der Waals surface area contributed by atoms with Gasteiger partial charge in [-0.1, -0.05) is 65.9 Å². The topological polar surface area (TPSA) is 80.6 Å². The number of hydrogen-bond acceptors (Lipinski definition) is 6. The summed E-state index contributed by atoms with van der Waals surface area (Å²) in [6.45, 7) is 4.76. The zero-order chi connectivity index (χ0) is 24.3. The first-order valence-corrected chi connectivity index (χ1v) is 13.8. The molecule has 3 aromatic carbocycles. The minimum absolute atomic E-state index is 0.108. The summed E-state index contributed by atoms with van der Waals surface area (Å²) in [7, 11) is -3.73. The van der Waals surface area contributed by atoms with Gasteiger partial charge in [-0.2, -0.15) is 0 Å². The summed E-state index contributed by atoms with van der Waals surface area (Å²) in [5.74, 6) is 0. The summed E-state index contributed by atoms with van der Waals surface area (Å²) >= 11 is 1.06. The highest BCUT2D eigenvalue weighted by Gasteiger charge is 2.17. The van der Waals surface area contributed by atoms with Gasteiger partial charge in [0.1, 0.15) is 0 Å². The Balaban J connectivity index is 1.30. The van der Waals surface area contributed by atoms with E-state index in [0.717, 1.165) is 66.4 Å². The first-order valence-electron chi connectivity index (χ1n) is 11.5. The Morgan fingerprint density at radius 2 is 1.60 bits per heavy atom. The van der Waals surface area contributed by atoms with Gasteiger partial charge in [-0.25, -0.2) is 13.1 Å². The standard InChI is InChI=1S/C26H27N3O4S2/c30-26-29(19-20-5-2-1-3-6-20)24-10-9-23(16-25(24)34-26)35(31,32)27-17-21-7-4-8-22(15-21)18-28-11-13-33-14-12-28/h1-10,15-16,27H,11-14,17-19H2. The number of aromatic nitrogens is 1. The van der Waals surface area contributed by atoms with E-state index in [1.54, 1.807) is 22.8 Å². The van der Waals surface area contributed by atoms with Crippen molar-refractivity contribution in [1.29, 1.82) is 0 Å². The minimum atomic E-state index is -3.73. The highest BCUT2D eigenvalue weighted by atomic mass is 32.2. The Morgan fingerprint density at radius 3 is 2.40 bits per heavy atom. The molecule has 1 aliphatic rings. The Morgan fingerprint density at radius 1 is 0.857 bits per heavy atom. The predicted octanol–water partition coefficient (Wildman–Crippen LogP) is 3.42. The van der Waals surface area contributed by atoms with Gasteiger partial charge in [-0.15, -0.1) is 0 Å². The molecular weight excluding hydrogens is 482 g/mol. The predicted molar refractivity (Wildman–Crippen MR) is 138 cm³/mol. The monoisotopic (exact) mass is 509 g/mol. The first kappa shape index (κ1) is 23.9. The Kier molecular flexibility index (Phi) is 7.12. The number of morpholine rings is 1. The van der Waals surface area contributed by atoms with Crippen LogP contribution in [0.2, 0.25) is 0 Å². The number of fused-ring (bicyclic) bond motifs is 1. The van der Waals surface area contributed by atoms with E-state index in [1.807, 2.05) is 48.5 Å². The lowest BCUT2D eigenvalue weighted by atomic mass is 10.1. The third kappa shape index (κ3) is 5.71. The van der Waals surface area contributed by atoms with E-state index in [9.17, 15) is 13.2 Å². The molecule has 0 radical (unpaired) electrons. The van der Waals surface area contributed by atoms with E-state index in [1.165, 1.54) is 0 Å². The van der Waals surface area contributed by atoms with Crippen molar-refractivity contribution in [3.63, 3.8) is 0 Å². The average molecular weight is 510 g/mol. The van der Waals surface area contributed by atoms with E-state index in [0.29, 0.717) is 11.2 Å². The average Bonchev–Trinajstić information content (AvgIpc) is 3.18. The van der Waals surface area contributed by atoms with Crippen LogP contribution in [-0.4, -0.2) is 44.2 Å². The van der Waals surface area contributed by atoms with Crippen LogP contribution < -0.4 is 9.60 Å². The van der Waals surface area contributed by atoms with Gasteiger partial charge in [0.05, 0.1) is 34.9 Å². The fourth-order valence-electron chi connectivity index (χ4n) is 4.25. The highest BCUT2D eigenvalue weighted by molar-refractivity contribution is 7.89. The van der Waals surface area contributed by atoms with Gasteiger partial charge in [0.2, 0.25) is 10.0 Å². The normalized spacial score (nSPS) is 15.0. The smallest absolute Gasteiger partial charge is 0.308 e. The van der Waals surface area contributed by atoms with Crippen LogP contribution in [0.3, 0.4) is 0 Å². The lowest BCUT2D eigenvalue weighted by Gasteiger charge is -2.26. The molecule has 0 aliphatic carbocycles. The quantitative estimate of drug-likeness (QED) is 0.394. The van der Waals surface area contributed by atoms with Crippen molar-refractivity contribution in [2.45, 2.75) is 24.5 Å². The number of nitrogens with zero attached hydrogens (tertiary/aromatic N) is 2. The molecule has 0 bridgehead atoms. The third-order valence-corrected chi connectivity index (χ3v) is 8.44. The van der Waals surface area contributed by atoms with Crippen LogP contribution in [0.5, 0.6) is 0 Å². The van der Waals surface area contributed by atoms with Crippen LogP contribution in [0.4, 0.5) is 0 Å². The van der Waals surface area contributed by atoms with Gasteiger partial charge in [0, 0.05) is 26.2 Å². The summed E-state index contributed by atoms with van der Waals surface area (Å²) in [5.41, 5.74) is 3.80. The molecular formula is C26H27N3O4S2. The van der Waals surface area contributed by atoms with Crippen molar-refractivity contribution in [2.75, 3.05) is 26.3 Å². The van der Waals surface area contributed by atoms with Gasteiger partial charge < -0.3 is 4.74 Å². The Labute approximate surface area is 208 Å². The van der Waals surface area contributed by atoms with E-state index in [4.69, 9.17) is 4.74 Å². The van der Waals surface area contributed by atoms with Crippen molar-refractivity contribution < 1.29 is 13.2 Å². The maximum absolute atomic E-state index is 13.0. The molecule has 9 heteroatoms. The molecule has 1 N–H and O–H groups in total. The number of sulfonamides is 1. The molecule has 0 atom stereocenters. The molecule has 182 valence electrons. The molecule has 1 saturated heterocycles. The molecule has 1 aromatic heterocycles. The van der Waals surface area contributed by atoms with Crippen molar-refractivity contribution in [2.24, 2.45) is 0 Å². The second kappa shape index (κ2) is 10.4. The van der Waals surface area contributed by atoms with Gasteiger partial charge >= 0.3 is 4.87 Å². The molecule has 4 aromatic rings. The molecule has 35 heavy (non-hydrogen) atoms. The second-order valence-electron chi connectivity index (χ2n) is 8.60. The van der Waals surface area contributed by atoms with Gasteiger partial charge in [-0.3, -0.25) is 14.3 Å². The summed E-state index contributed by atoms with van der Waals surface area (Å²) < 4.78 is 36.5. The van der Waals surface area contributed by atoms with Crippen molar-refractivity contribution in [1.82, 2.24) is 14.2 Å². The number of thiazole rings is 1. The van der Waals surface area contributed by atoms with Crippen LogP contribution in [0.1, 0.15) is 16.7 Å². The van der Waals surface area contributed by atoms with Crippen molar-refractivity contribution >= 4 is 31.6 Å². The fourth-order valence-corrected chi connectivity index (χ4v) is 6.29. The van der Waals surface area contributed by atoms with Crippen LogP contribution in [-0.2, 0) is 34.4 Å². The van der Waals surface area contributed by atoms with Gasteiger partial charge in [-0.05, 0) is 34.9 Å². The van der Waals surface area contributed by atoms with Crippen LogP contribution in [0, 0.1) is 0 Å². The number of benzene rings is 3. The fraction of sp³-hybridized carbons (Fsp3) is 0.269. The maximum atomic E-state index is 13.0. The zero-order valence-corrected chi connectivity index (χ0v) is 20.9. The molecule has 0 saturated carbocycles. The lowest BCUT2D eigenvalue weighted by Crippen LogP contribution is -2.35. The SMILES string of the molecule is O=c1sc2cc(S(=O)(=O)NCc3cccc(CN4CCOCC4)c3)ccc2n1Cc1ccccc1. The summed E-state index contributed by atoms with van der Waals surface area (Å²) in [6, 6.07) is 22.6. The number of nitrogens with one attached hydrogen (secondary N) is 1. The van der Waals surface area contributed by atoms with Gasteiger partial charge in [0.25, 0.3) is 0 Å². The van der Waals surface area contributed by atoms with Crippen LogP contribution >= 0.6 is 11.3 Å². The molecule has 2 heterocycles. The first-order chi connectivity index (χ1) is 17.0. The Hall–Kier alpha value is -2.82. The zero-order valence-electron chi connectivity index (χ0n) is 19.2. The molecule has 0 amide bonds. The van der Waals surface area contributed by atoms with E-state index in [2.05, 4.69) is 15.7 Å². The summed E-state index contributed by atoms with van der Waals surface area (Å²) in [6.07, 6.45) is 0. The Bertz CT molecular complexity index is 1470. The number of ether oxygens (including phenoxy) is 1. The maximum Gasteiger partial charge on any atom is 0.308 e.